The van der Waals surface area contributed by atoms with E-state index in [1.54, 1.807) is 0 Å². The SMILES string of the molecule is O=C(Cl)c1cc(I)cc(C(F)F)n1. The van der Waals surface area contributed by atoms with Crippen LogP contribution in [0.4, 0.5) is 8.78 Å². The molecular formula is C7H3ClF2INO. The third kappa shape index (κ3) is 2.84. The zero-order chi connectivity index (χ0) is 10.0. The molecule has 1 rings (SSSR count). The second-order valence-electron chi connectivity index (χ2n) is 2.17. The Balaban J connectivity index is 3.19. The van der Waals surface area contributed by atoms with E-state index in [2.05, 4.69) is 4.98 Å². The van der Waals surface area contributed by atoms with Gasteiger partial charge in [0.05, 0.1) is 0 Å². The number of aromatic nitrogens is 1. The highest BCUT2D eigenvalue weighted by molar-refractivity contribution is 14.1. The summed E-state index contributed by atoms with van der Waals surface area (Å²) in [4.78, 5) is 14.0. The third-order valence-corrected chi connectivity index (χ3v) is 2.05. The van der Waals surface area contributed by atoms with E-state index >= 15 is 0 Å². The van der Waals surface area contributed by atoms with E-state index in [1.165, 1.54) is 12.1 Å². The van der Waals surface area contributed by atoms with E-state index in [4.69, 9.17) is 11.6 Å². The van der Waals surface area contributed by atoms with E-state index in [-0.39, 0.29) is 5.69 Å². The molecule has 13 heavy (non-hydrogen) atoms. The highest BCUT2D eigenvalue weighted by Crippen LogP contribution is 2.19. The lowest BCUT2D eigenvalue weighted by molar-refractivity contribution is 0.107. The lowest BCUT2D eigenvalue weighted by Gasteiger charge is -2.01. The lowest BCUT2D eigenvalue weighted by Crippen LogP contribution is -2.00. The van der Waals surface area contributed by atoms with E-state index in [0.717, 1.165) is 0 Å². The molecule has 2 nitrogen and oxygen atoms in total. The Hall–Kier alpha value is -0.300. The summed E-state index contributed by atoms with van der Waals surface area (Å²) in [6.45, 7) is 0. The fourth-order valence-corrected chi connectivity index (χ4v) is 1.44. The Morgan fingerprint density at radius 1 is 1.54 bits per heavy atom. The molecule has 1 aromatic heterocycles. The van der Waals surface area contributed by atoms with Crippen molar-refractivity contribution in [3.8, 4) is 0 Å². The van der Waals surface area contributed by atoms with Crippen molar-refractivity contribution in [2.24, 2.45) is 0 Å². The summed E-state index contributed by atoms with van der Waals surface area (Å²) in [7, 11) is 0. The maximum atomic E-state index is 12.2. The first-order chi connectivity index (χ1) is 6.00. The maximum Gasteiger partial charge on any atom is 0.280 e. The minimum atomic E-state index is -2.69. The van der Waals surface area contributed by atoms with Crippen molar-refractivity contribution in [2.45, 2.75) is 6.43 Å². The average Bonchev–Trinajstić information content (AvgIpc) is 2.03. The van der Waals surface area contributed by atoms with Gasteiger partial charge in [0, 0.05) is 3.57 Å². The van der Waals surface area contributed by atoms with Gasteiger partial charge in [-0.05, 0) is 46.3 Å². The van der Waals surface area contributed by atoms with Gasteiger partial charge in [-0.2, -0.15) is 0 Å². The van der Waals surface area contributed by atoms with Gasteiger partial charge in [0.1, 0.15) is 11.4 Å². The molecule has 0 atom stereocenters. The van der Waals surface area contributed by atoms with E-state index in [1.807, 2.05) is 22.6 Å². The maximum absolute atomic E-state index is 12.2. The quantitative estimate of drug-likeness (QED) is 0.620. The molecule has 0 N–H and O–H groups in total. The number of pyridine rings is 1. The monoisotopic (exact) mass is 317 g/mol. The van der Waals surface area contributed by atoms with Gasteiger partial charge in [0.25, 0.3) is 11.7 Å². The van der Waals surface area contributed by atoms with Crippen LogP contribution in [0.25, 0.3) is 0 Å². The standard InChI is InChI=1S/C7H3ClF2INO/c8-6(13)4-1-3(11)2-5(12-4)7(9)10/h1-2,7H. The Kier molecular flexibility index (Phi) is 3.55. The van der Waals surface area contributed by atoms with E-state index < -0.39 is 17.4 Å². The average molecular weight is 317 g/mol. The van der Waals surface area contributed by atoms with Crippen molar-refractivity contribution in [3.05, 3.63) is 27.1 Å². The van der Waals surface area contributed by atoms with Crippen LogP contribution in [0.1, 0.15) is 22.6 Å². The summed E-state index contributed by atoms with van der Waals surface area (Å²) in [6.07, 6.45) is -2.69. The summed E-state index contributed by atoms with van der Waals surface area (Å²) in [5.74, 6) is 0. The first-order valence-corrected chi connectivity index (χ1v) is 4.62. The minimum Gasteiger partial charge on any atom is -0.274 e. The van der Waals surface area contributed by atoms with Crippen LogP contribution in [-0.4, -0.2) is 10.2 Å². The molecule has 70 valence electrons. The zero-order valence-corrected chi connectivity index (χ0v) is 9.01. The van der Waals surface area contributed by atoms with Crippen molar-refractivity contribution < 1.29 is 13.6 Å². The molecule has 0 bridgehead atoms. The molecule has 1 aromatic rings. The number of alkyl halides is 2. The van der Waals surface area contributed by atoms with Gasteiger partial charge in [-0.1, -0.05) is 0 Å². The van der Waals surface area contributed by atoms with Crippen molar-refractivity contribution in [3.63, 3.8) is 0 Å². The summed E-state index contributed by atoms with van der Waals surface area (Å²) >= 11 is 6.92. The number of nitrogens with zero attached hydrogens (tertiary/aromatic N) is 1. The second kappa shape index (κ2) is 4.28. The summed E-state index contributed by atoms with van der Waals surface area (Å²) in [5.41, 5.74) is -0.584. The molecular weight excluding hydrogens is 314 g/mol. The molecule has 0 unspecified atom stereocenters. The molecule has 0 aliphatic carbocycles. The molecule has 0 aliphatic heterocycles. The number of rotatable bonds is 2. The third-order valence-electron chi connectivity index (χ3n) is 1.23. The van der Waals surface area contributed by atoms with Gasteiger partial charge < -0.3 is 0 Å². The van der Waals surface area contributed by atoms with Gasteiger partial charge in [-0.25, -0.2) is 13.8 Å². The molecule has 0 fully saturated rings. The van der Waals surface area contributed by atoms with Crippen LogP contribution in [0.2, 0.25) is 0 Å². The van der Waals surface area contributed by atoms with Crippen molar-refractivity contribution in [1.29, 1.82) is 0 Å². The molecule has 0 amide bonds. The Bertz CT molecular complexity index is 345. The number of hydrogen-bond acceptors (Lipinski definition) is 2. The molecule has 6 heteroatoms. The molecule has 0 aliphatic rings. The van der Waals surface area contributed by atoms with Crippen LogP contribution in [0, 0.1) is 3.57 Å². The van der Waals surface area contributed by atoms with Crippen LogP contribution in [-0.2, 0) is 0 Å². The number of carbonyl (C=O) groups is 1. The van der Waals surface area contributed by atoms with E-state index in [0.29, 0.717) is 3.57 Å². The van der Waals surface area contributed by atoms with Crippen LogP contribution >= 0.6 is 34.2 Å². The van der Waals surface area contributed by atoms with Crippen LogP contribution < -0.4 is 0 Å². The summed E-state index contributed by atoms with van der Waals surface area (Å²) in [5, 5.41) is -0.833. The fourth-order valence-electron chi connectivity index (χ4n) is 0.730. The molecule has 0 spiro atoms. The van der Waals surface area contributed by atoms with Crippen LogP contribution in [0.15, 0.2) is 12.1 Å². The molecule has 0 radical (unpaired) electrons. The van der Waals surface area contributed by atoms with Crippen LogP contribution in [0.3, 0.4) is 0 Å². The molecule has 1 heterocycles. The Labute approximate surface area is 91.4 Å². The van der Waals surface area contributed by atoms with Gasteiger partial charge in [0.15, 0.2) is 0 Å². The topological polar surface area (TPSA) is 30.0 Å². The Morgan fingerprint density at radius 2 is 2.15 bits per heavy atom. The van der Waals surface area contributed by atoms with Gasteiger partial charge in [-0.15, -0.1) is 0 Å². The minimum absolute atomic E-state index is 0.149. The Morgan fingerprint density at radius 3 is 2.62 bits per heavy atom. The van der Waals surface area contributed by atoms with Crippen molar-refractivity contribution in [1.82, 2.24) is 4.98 Å². The van der Waals surface area contributed by atoms with Crippen molar-refractivity contribution >= 4 is 39.4 Å². The smallest absolute Gasteiger partial charge is 0.274 e. The molecule has 0 saturated carbocycles. The highest BCUT2D eigenvalue weighted by atomic mass is 127. The van der Waals surface area contributed by atoms with E-state index in [9.17, 15) is 13.6 Å². The van der Waals surface area contributed by atoms with Gasteiger partial charge in [-0.3, -0.25) is 4.79 Å². The second-order valence-corrected chi connectivity index (χ2v) is 3.76. The first-order valence-electron chi connectivity index (χ1n) is 3.16. The predicted molar refractivity (Wildman–Crippen MR) is 52.1 cm³/mol. The molecule has 0 saturated heterocycles. The van der Waals surface area contributed by atoms with Gasteiger partial charge >= 0.3 is 0 Å². The first kappa shape index (κ1) is 10.8. The zero-order valence-electron chi connectivity index (χ0n) is 6.10. The fraction of sp³-hybridized carbons (Fsp3) is 0.143. The van der Waals surface area contributed by atoms with Crippen LogP contribution in [0.5, 0.6) is 0 Å². The van der Waals surface area contributed by atoms with Gasteiger partial charge in [0.2, 0.25) is 0 Å². The molecule has 0 aromatic carbocycles. The summed E-state index contributed by atoms with van der Waals surface area (Å²) in [6, 6.07) is 2.55. The van der Waals surface area contributed by atoms with Crippen molar-refractivity contribution in [2.75, 3.05) is 0 Å². The number of carbonyl (C=O) groups excluding carboxylic acids is 1. The predicted octanol–water partition coefficient (Wildman–Crippen LogP) is 3.00. The number of hydrogen-bond donors (Lipinski definition) is 0. The normalized spacial score (nSPS) is 10.5. The largest absolute Gasteiger partial charge is 0.280 e. The lowest BCUT2D eigenvalue weighted by atomic mass is 10.3. The summed E-state index contributed by atoms with van der Waals surface area (Å²) < 4.78 is 24.8. The number of halogens is 4. The highest BCUT2D eigenvalue weighted by Gasteiger charge is 2.13.